The van der Waals surface area contributed by atoms with E-state index in [0.29, 0.717) is 49.4 Å². The molecule has 1 aromatic heterocycles. The van der Waals surface area contributed by atoms with E-state index in [2.05, 4.69) is 30.8 Å². The van der Waals surface area contributed by atoms with E-state index in [1.807, 2.05) is 18.2 Å². The first kappa shape index (κ1) is 35.7. The number of fused-ring (bicyclic) bond motifs is 2. The first-order valence-corrected chi connectivity index (χ1v) is 18.5. The van der Waals surface area contributed by atoms with Gasteiger partial charge in [-0.2, -0.15) is 5.10 Å². The summed E-state index contributed by atoms with van der Waals surface area (Å²) in [7, 11) is -3.62. The Morgan fingerprint density at radius 3 is 2.19 bits per heavy atom. The van der Waals surface area contributed by atoms with Crippen LogP contribution in [0.4, 0.5) is 14.9 Å². The number of amides is 2. The highest BCUT2D eigenvalue weighted by atomic mass is 32.2. The molecule has 0 aliphatic carbocycles. The van der Waals surface area contributed by atoms with Gasteiger partial charge in [0.25, 0.3) is 0 Å². The van der Waals surface area contributed by atoms with Gasteiger partial charge in [-0.05, 0) is 77.5 Å². The fourth-order valence-corrected chi connectivity index (χ4v) is 8.87. The largest absolute Gasteiger partial charge is 0.444 e. The van der Waals surface area contributed by atoms with Crippen LogP contribution in [0.15, 0.2) is 48.7 Å². The fourth-order valence-electron chi connectivity index (χ4n) is 6.88. The number of hydrogen-bond donors (Lipinski definition) is 0. The Bertz CT molecular complexity index is 1710. The first-order chi connectivity index (χ1) is 22.8. The SMILES string of the molecule is CC(C)(C)OC(=O)N1CCC(S(=O)(=O)N2C[C@@H]3CN(c4cccc5c4cnn5-c4ccccc4F)C(=O)[C@@H]3C2)CC1.CCN(CC)CC. The molecule has 4 heterocycles. The van der Waals surface area contributed by atoms with Crippen molar-refractivity contribution in [3.63, 3.8) is 0 Å². The molecule has 2 atom stereocenters. The fraction of sp³-hybridized carbons (Fsp3) is 0.571. The number of hydrogen-bond acceptors (Lipinski definition) is 7. The number of piperidine rings is 1. The van der Waals surface area contributed by atoms with Crippen LogP contribution in [0.2, 0.25) is 0 Å². The van der Waals surface area contributed by atoms with Gasteiger partial charge in [-0.1, -0.05) is 39.0 Å². The Labute approximate surface area is 283 Å². The molecule has 13 heteroatoms. The van der Waals surface area contributed by atoms with Crippen LogP contribution < -0.4 is 4.90 Å². The predicted molar refractivity (Wildman–Crippen MR) is 185 cm³/mol. The molecule has 3 aliphatic heterocycles. The summed E-state index contributed by atoms with van der Waals surface area (Å²) in [5.41, 5.74) is 1.08. The molecular weight excluding hydrogens is 635 g/mol. The van der Waals surface area contributed by atoms with Crippen molar-refractivity contribution >= 4 is 38.6 Å². The van der Waals surface area contributed by atoms with E-state index in [1.54, 1.807) is 55.0 Å². The molecule has 3 fully saturated rings. The van der Waals surface area contributed by atoms with Crippen molar-refractivity contribution in [1.82, 2.24) is 23.9 Å². The Hall–Kier alpha value is -3.55. The molecule has 0 spiro atoms. The van der Waals surface area contributed by atoms with Gasteiger partial charge in [-0.3, -0.25) is 4.79 Å². The number of likely N-dealkylation sites (tertiary alicyclic amines) is 1. The van der Waals surface area contributed by atoms with Crippen LogP contribution in [0.25, 0.3) is 16.6 Å². The highest BCUT2D eigenvalue weighted by Crippen LogP contribution is 2.40. The maximum Gasteiger partial charge on any atom is 0.410 e. The maximum absolute atomic E-state index is 14.5. The molecule has 3 aliphatic rings. The lowest BCUT2D eigenvalue weighted by molar-refractivity contribution is -0.120. The number of para-hydroxylation sites is 1. The normalized spacial score (nSPS) is 20.7. The molecule has 3 aromatic rings. The zero-order valence-electron chi connectivity index (χ0n) is 28.9. The lowest BCUT2D eigenvalue weighted by Gasteiger charge is -2.34. The molecule has 6 rings (SSSR count). The van der Waals surface area contributed by atoms with E-state index >= 15 is 0 Å². The van der Waals surface area contributed by atoms with E-state index in [4.69, 9.17) is 4.74 Å². The second-order valence-corrected chi connectivity index (χ2v) is 15.9. The predicted octanol–water partition coefficient (Wildman–Crippen LogP) is 5.14. The third kappa shape index (κ3) is 7.37. The van der Waals surface area contributed by atoms with E-state index in [0.717, 1.165) is 5.39 Å². The molecular formula is C35H49FN6O5S. The van der Waals surface area contributed by atoms with E-state index in [9.17, 15) is 22.4 Å². The van der Waals surface area contributed by atoms with Crippen molar-refractivity contribution in [3.05, 3.63) is 54.5 Å². The van der Waals surface area contributed by atoms with Crippen LogP contribution in [-0.4, -0.2) is 108 Å². The molecule has 0 saturated carbocycles. The summed E-state index contributed by atoms with van der Waals surface area (Å²) in [6.07, 6.45) is 1.88. The Morgan fingerprint density at radius 1 is 0.958 bits per heavy atom. The monoisotopic (exact) mass is 684 g/mol. The number of nitrogens with zero attached hydrogens (tertiary/aromatic N) is 6. The average Bonchev–Trinajstić information content (AvgIpc) is 3.76. The summed E-state index contributed by atoms with van der Waals surface area (Å²) in [4.78, 5) is 31.6. The molecule has 11 nitrogen and oxygen atoms in total. The molecule has 0 radical (unpaired) electrons. The Kier molecular flexibility index (Phi) is 10.8. The average molecular weight is 685 g/mol. The summed E-state index contributed by atoms with van der Waals surface area (Å²) >= 11 is 0. The third-order valence-corrected chi connectivity index (χ3v) is 11.9. The summed E-state index contributed by atoms with van der Waals surface area (Å²) in [5.74, 6) is -1.07. The number of halogens is 1. The lowest BCUT2D eigenvalue weighted by atomic mass is 10.0. The quantitative estimate of drug-likeness (QED) is 0.339. The smallest absolute Gasteiger partial charge is 0.410 e. The van der Waals surface area contributed by atoms with Gasteiger partial charge in [0.05, 0.1) is 28.6 Å². The van der Waals surface area contributed by atoms with Gasteiger partial charge in [-0.25, -0.2) is 26.6 Å². The molecule has 2 amide bonds. The van der Waals surface area contributed by atoms with Crippen LogP contribution in [0.5, 0.6) is 0 Å². The molecule has 2 aromatic carbocycles. The van der Waals surface area contributed by atoms with Crippen molar-refractivity contribution in [2.24, 2.45) is 11.8 Å². The van der Waals surface area contributed by atoms with Crippen molar-refractivity contribution in [2.75, 3.05) is 57.3 Å². The van der Waals surface area contributed by atoms with Crippen LogP contribution >= 0.6 is 0 Å². The molecule has 0 bridgehead atoms. The number of aromatic nitrogens is 2. The number of carbonyl (C=O) groups excluding carboxylic acids is 2. The van der Waals surface area contributed by atoms with Crippen molar-refractivity contribution in [2.45, 2.75) is 65.2 Å². The molecule has 0 N–H and O–H groups in total. The molecule has 48 heavy (non-hydrogen) atoms. The maximum atomic E-state index is 14.5. The standard InChI is InChI=1S/C29H34FN5O5S.C6H15N/c1-29(2,3)40-28(37)32-13-11-20(12-14-32)41(38,39)33-16-19-17-34(27(36)22(19)18-33)24-9-6-10-25-21(24)15-31-35(25)26-8-5-4-7-23(26)30;1-4-7(5-2)6-3/h4-10,15,19-20,22H,11-14,16-18H2,1-3H3;4-6H2,1-3H3/t19-,22-;/m1./s1. The minimum absolute atomic E-state index is 0.112. The van der Waals surface area contributed by atoms with Crippen LogP contribution in [0.3, 0.4) is 0 Å². The highest BCUT2D eigenvalue weighted by Gasteiger charge is 2.51. The van der Waals surface area contributed by atoms with Crippen LogP contribution in [0, 0.1) is 17.7 Å². The van der Waals surface area contributed by atoms with Gasteiger partial charge in [0.2, 0.25) is 15.9 Å². The van der Waals surface area contributed by atoms with Gasteiger partial charge in [0.15, 0.2) is 0 Å². The number of carbonyl (C=O) groups is 2. The van der Waals surface area contributed by atoms with Gasteiger partial charge in [0, 0.05) is 44.0 Å². The minimum atomic E-state index is -3.62. The highest BCUT2D eigenvalue weighted by molar-refractivity contribution is 7.89. The molecule has 262 valence electrons. The van der Waals surface area contributed by atoms with Gasteiger partial charge in [0.1, 0.15) is 17.1 Å². The van der Waals surface area contributed by atoms with Crippen molar-refractivity contribution < 1.29 is 27.1 Å². The van der Waals surface area contributed by atoms with Gasteiger partial charge in [-0.15, -0.1) is 0 Å². The van der Waals surface area contributed by atoms with Gasteiger partial charge >= 0.3 is 6.09 Å². The number of rotatable bonds is 7. The van der Waals surface area contributed by atoms with Crippen LogP contribution in [0.1, 0.15) is 54.4 Å². The van der Waals surface area contributed by atoms with Crippen molar-refractivity contribution in [3.8, 4) is 5.69 Å². The van der Waals surface area contributed by atoms with E-state index in [-0.39, 0.29) is 24.9 Å². The lowest BCUT2D eigenvalue weighted by Crippen LogP contribution is -2.48. The number of anilines is 1. The second kappa shape index (κ2) is 14.5. The number of ether oxygens (including phenoxy) is 1. The molecule has 3 saturated heterocycles. The Balaban J connectivity index is 0.000000582. The molecule has 0 unspecified atom stereocenters. The first-order valence-electron chi connectivity index (χ1n) is 17.0. The van der Waals surface area contributed by atoms with E-state index in [1.165, 1.54) is 34.7 Å². The summed E-state index contributed by atoms with van der Waals surface area (Å²) < 4.78 is 50.0. The summed E-state index contributed by atoms with van der Waals surface area (Å²) in [6, 6.07) is 11.9. The zero-order valence-corrected chi connectivity index (χ0v) is 29.7. The van der Waals surface area contributed by atoms with E-state index < -0.39 is 38.7 Å². The summed E-state index contributed by atoms with van der Waals surface area (Å²) in [6.45, 7) is 17.0. The van der Waals surface area contributed by atoms with Gasteiger partial charge < -0.3 is 19.4 Å². The third-order valence-electron chi connectivity index (χ3n) is 9.59. The van der Waals surface area contributed by atoms with Crippen molar-refractivity contribution in [1.29, 1.82) is 0 Å². The zero-order chi connectivity index (χ0) is 34.8. The minimum Gasteiger partial charge on any atom is -0.444 e. The topological polar surface area (TPSA) is 108 Å². The summed E-state index contributed by atoms with van der Waals surface area (Å²) in [5, 5.41) is 4.54. The number of benzene rings is 2. The van der Waals surface area contributed by atoms with Crippen LogP contribution in [-0.2, 0) is 19.6 Å². The second-order valence-electron chi connectivity index (χ2n) is 13.7. The Morgan fingerprint density at radius 2 is 1.60 bits per heavy atom. The number of sulfonamides is 1.